The predicted octanol–water partition coefficient (Wildman–Crippen LogP) is 3.31. The van der Waals surface area contributed by atoms with Crippen LogP contribution in [0.5, 0.6) is 0 Å². The standard InChI is InChI=1S/C19H25NO2/c21-18(14-15-6-4-5-7-15)20-12-10-17(11-13-20)19(22)16-8-2-1-3-9-16/h1-4,6,8-9,15,17,19,22H,5,7,10-14H2/t15-,19+/m0/s1. The number of aliphatic hydroxyl groups excluding tert-OH is 1. The van der Waals surface area contributed by atoms with E-state index in [-0.39, 0.29) is 11.8 Å². The summed E-state index contributed by atoms with van der Waals surface area (Å²) in [7, 11) is 0. The number of amides is 1. The molecule has 0 unspecified atom stereocenters. The van der Waals surface area contributed by atoms with Gasteiger partial charge in [-0.2, -0.15) is 0 Å². The van der Waals surface area contributed by atoms with Gasteiger partial charge in [0.05, 0.1) is 6.10 Å². The molecule has 2 aliphatic rings. The summed E-state index contributed by atoms with van der Waals surface area (Å²) in [5.41, 5.74) is 0.989. The zero-order valence-electron chi connectivity index (χ0n) is 13.0. The van der Waals surface area contributed by atoms with Crippen molar-refractivity contribution in [2.45, 2.75) is 38.2 Å². The third-order valence-electron chi connectivity index (χ3n) is 5.03. The molecule has 1 aliphatic carbocycles. The fourth-order valence-electron chi connectivity index (χ4n) is 3.61. The molecule has 2 atom stereocenters. The molecule has 0 bridgehead atoms. The smallest absolute Gasteiger partial charge is 0.223 e. The first-order chi connectivity index (χ1) is 10.7. The Morgan fingerprint density at radius 1 is 1.18 bits per heavy atom. The molecule has 118 valence electrons. The van der Waals surface area contributed by atoms with Gasteiger partial charge in [-0.1, -0.05) is 42.5 Å². The second-order valence-electron chi connectivity index (χ2n) is 6.54. The van der Waals surface area contributed by atoms with E-state index in [1.54, 1.807) is 0 Å². The van der Waals surface area contributed by atoms with Crippen LogP contribution >= 0.6 is 0 Å². The number of carbonyl (C=O) groups excluding carboxylic acids is 1. The average Bonchev–Trinajstić information content (AvgIpc) is 3.08. The Hall–Kier alpha value is -1.61. The van der Waals surface area contributed by atoms with Gasteiger partial charge in [-0.3, -0.25) is 4.79 Å². The Morgan fingerprint density at radius 2 is 1.91 bits per heavy atom. The first-order valence-electron chi connectivity index (χ1n) is 8.41. The molecule has 1 aromatic rings. The largest absolute Gasteiger partial charge is 0.388 e. The van der Waals surface area contributed by atoms with Crippen LogP contribution in [-0.4, -0.2) is 29.0 Å². The lowest BCUT2D eigenvalue weighted by atomic mass is 9.87. The highest BCUT2D eigenvalue weighted by atomic mass is 16.3. The van der Waals surface area contributed by atoms with Crippen molar-refractivity contribution in [1.29, 1.82) is 0 Å². The van der Waals surface area contributed by atoms with Gasteiger partial charge in [-0.05, 0) is 43.1 Å². The van der Waals surface area contributed by atoms with Gasteiger partial charge in [0.15, 0.2) is 0 Å². The van der Waals surface area contributed by atoms with Crippen LogP contribution in [0, 0.1) is 11.8 Å². The number of piperidine rings is 1. The van der Waals surface area contributed by atoms with E-state index in [0.29, 0.717) is 12.3 Å². The molecule has 0 saturated carbocycles. The van der Waals surface area contributed by atoms with E-state index in [1.165, 1.54) is 0 Å². The highest BCUT2D eigenvalue weighted by Crippen LogP contribution is 2.31. The predicted molar refractivity (Wildman–Crippen MR) is 87.2 cm³/mol. The molecule has 1 aliphatic heterocycles. The van der Waals surface area contributed by atoms with Crippen LogP contribution in [0.4, 0.5) is 0 Å². The lowest BCUT2D eigenvalue weighted by Crippen LogP contribution is -2.40. The molecule has 3 nitrogen and oxygen atoms in total. The molecule has 1 amide bonds. The molecule has 1 fully saturated rings. The van der Waals surface area contributed by atoms with E-state index in [4.69, 9.17) is 0 Å². The minimum absolute atomic E-state index is 0.262. The summed E-state index contributed by atoms with van der Waals surface area (Å²) < 4.78 is 0. The molecule has 1 saturated heterocycles. The monoisotopic (exact) mass is 299 g/mol. The van der Waals surface area contributed by atoms with Gasteiger partial charge in [-0.15, -0.1) is 0 Å². The van der Waals surface area contributed by atoms with Crippen molar-refractivity contribution >= 4 is 5.91 Å². The highest BCUT2D eigenvalue weighted by Gasteiger charge is 2.28. The van der Waals surface area contributed by atoms with Gasteiger partial charge < -0.3 is 10.0 Å². The van der Waals surface area contributed by atoms with Gasteiger partial charge in [0.1, 0.15) is 0 Å². The van der Waals surface area contributed by atoms with Crippen LogP contribution in [0.15, 0.2) is 42.5 Å². The Kier molecular flexibility index (Phi) is 4.94. The maximum Gasteiger partial charge on any atom is 0.223 e. The molecular formula is C19H25NO2. The zero-order chi connectivity index (χ0) is 15.4. The summed E-state index contributed by atoms with van der Waals surface area (Å²) in [6.45, 7) is 1.56. The topological polar surface area (TPSA) is 40.5 Å². The van der Waals surface area contributed by atoms with Crippen LogP contribution in [0.1, 0.15) is 43.8 Å². The van der Waals surface area contributed by atoms with E-state index in [9.17, 15) is 9.90 Å². The number of hydrogen-bond acceptors (Lipinski definition) is 2. The fraction of sp³-hybridized carbons (Fsp3) is 0.526. The van der Waals surface area contributed by atoms with E-state index < -0.39 is 6.10 Å². The lowest BCUT2D eigenvalue weighted by Gasteiger charge is -2.34. The van der Waals surface area contributed by atoms with Crippen molar-refractivity contribution in [3.05, 3.63) is 48.0 Å². The summed E-state index contributed by atoms with van der Waals surface area (Å²) in [6, 6.07) is 9.86. The quantitative estimate of drug-likeness (QED) is 0.867. The Labute approximate surface area is 132 Å². The number of benzene rings is 1. The SMILES string of the molecule is O=C(C[C@H]1C=CCC1)N1CCC([C@H](O)c2ccccc2)CC1. The Morgan fingerprint density at radius 3 is 2.55 bits per heavy atom. The van der Waals surface area contributed by atoms with Crippen LogP contribution in [0.3, 0.4) is 0 Å². The number of rotatable bonds is 4. The van der Waals surface area contributed by atoms with Crippen molar-refractivity contribution < 1.29 is 9.90 Å². The molecule has 1 N–H and O–H groups in total. The third kappa shape index (κ3) is 3.58. The van der Waals surface area contributed by atoms with E-state index >= 15 is 0 Å². The van der Waals surface area contributed by atoms with Crippen molar-refractivity contribution in [1.82, 2.24) is 4.90 Å². The molecule has 0 aromatic heterocycles. The minimum Gasteiger partial charge on any atom is -0.388 e. The van der Waals surface area contributed by atoms with Crippen molar-refractivity contribution in [3.8, 4) is 0 Å². The molecule has 0 radical (unpaired) electrons. The highest BCUT2D eigenvalue weighted by molar-refractivity contribution is 5.76. The van der Waals surface area contributed by atoms with Crippen LogP contribution in [0.25, 0.3) is 0 Å². The molecule has 1 aromatic carbocycles. The summed E-state index contributed by atoms with van der Waals surface area (Å²) in [5, 5.41) is 10.5. The van der Waals surface area contributed by atoms with E-state index in [1.807, 2.05) is 35.2 Å². The Bertz CT molecular complexity index is 517. The number of likely N-dealkylation sites (tertiary alicyclic amines) is 1. The van der Waals surface area contributed by atoms with Crippen LogP contribution < -0.4 is 0 Å². The van der Waals surface area contributed by atoms with Gasteiger partial charge >= 0.3 is 0 Å². The minimum atomic E-state index is -0.406. The lowest BCUT2D eigenvalue weighted by molar-refractivity contribution is -0.133. The van der Waals surface area contributed by atoms with Gasteiger partial charge in [-0.25, -0.2) is 0 Å². The van der Waals surface area contributed by atoms with Crippen molar-refractivity contribution in [3.63, 3.8) is 0 Å². The third-order valence-corrected chi connectivity index (χ3v) is 5.03. The van der Waals surface area contributed by atoms with Crippen LogP contribution in [0.2, 0.25) is 0 Å². The summed E-state index contributed by atoms with van der Waals surface area (Å²) in [5.74, 6) is 0.988. The molecule has 3 heteroatoms. The first-order valence-corrected chi connectivity index (χ1v) is 8.41. The van der Waals surface area contributed by atoms with Crippen molar-refractivity contribution in [2.24, 2.45) is 11.8 Å². The summed E-state index contributed by atoms with van der Waals surface area (Å²) in [4.78, 5) is 14.3. The average molecular weight is 299 g/mol. The fourth-order valence-corrected chi connectivity index (χ4v) is 3.61. The number of hydrogen-bond donors (Lipinski definition) is 1. The second-order valence-corrected chi connectivity index (χ2v) is 6.54. The molecule has 3 rings (SSSR count). The van der Waals surface area contributed by atoms with E-state index in [2.05, 4.69) is 12.2 Å². The van der Waals surface area contributed by atoms with Crippen molar-refractivity contribution in [2.75, 3.05) is 13.1 Å². The Balaban J connectivity index is 1.49. The summed E-state index contributed by atoms with van der Waals surface area (Å²) in [6.07, 6.45) is 8.63. The van der Waals surface area contributed by atoms with Gasteiger partial charge in [0.25, 0.3) is 0 Å². The molecule has 22 heavy (non-hydrogen) atoms. The van der Waals surface area contributed by atoms with Crippen LogP contribution in [-0.2, 0) is 4.79 Å². The first kappa shape index (κ1) is 15.3. The normalized spacial score (nSPS) is 23.7. The molecular weight excluding hydrogens is 274 g/mol. The number of aliphatic hydroxyl groups is 1. The number of carbonyl (C=O) groups is 1. The molecule has 1 heterocycles. The van der Waals surface area contributed by atoms with Gasteiger partial charge in [0, 0.05) is 19.5 Å². The zero-order valence-corrected chi connectivity index (χ0v) is 13.0. The number of nitrogens with zero attached hydrogens (tertiary/aromatic N) is 1. The maximum atomic E-state index is 12.3. The maximum absolute atomic E-state index is 12.3. The number of allylic oxidation sites excluding steroid dienone is 2. The molecule has 0 spiro atoms. The van der Waals surface area contributed by atoms with E-state index in [0.717, 1.165) is 44.3 Å². The summed E-state index contributed by atoms with van der Waals surface area (Å²) >= 11 is 0. The second kappa shape index (κ2) is 7.10. The van der Waals surface area contributed by atoms with Gasteiger partial charge in [0.2, 0.25) is 5.91 Å².